The maximum absolute atomic E-state index is 11.6. The lowest BCUT2D eigenvalue weighted by Crippen LogP contribution is -2.34. The Morgan fingerprint density at radius 1 is 1.05 bits per heavy atom. The molecule has 0 spiro atoms. The van der Waals surface area contributed by atoms with Crippen molar-refractivity contribution < 1.29 is 14.4 Å². The van der Waals surface area contributed by atoms with Crippen molar-refractivity contribution in [2.75, 3.05) is 12.4 Å². The summed E-state index contributed by atoms with van der Waals surface area (Å²) < 4.78 is 1.71. The van der Waals surface area contributed by atoms with Gasteiger partial charge in [0, 0.05) is 11.8 Å². The van der Waals surface area contributed by atoms with Crippen LogP contribution in [0.4, 0.5) is 5.82 Å². The van der Waals surface area contributed by atoms with Gasteiger partial charge in [-0.1, -0.05) is 6.07 Å². The molecule has 7 nitrogen and oxygen atoms in total. The number of nitrogens with one attached hydrogen (secondary N) is 2. The normalized spacial score (nSPS) is 10.4. The van der Waals surface area contributed by atoms with Crippen LogP contribution < -0.4 is 10.8 Å². The molecule has 0 bridgehead atoms. The second-order valence-electron chi connectivity index (χ2n) is 5.02. The number of amides is 2. The zero-order valence-corrected chi connectivity index (χ0v) is 12.9. The highest BCUT2D eigenvalue weighted by atomic mass is 16.6. The Kier molecular flexibility index (Phi) is 4.57. The summed E-state index contributed by atoms with van der Waals surface area (Å²) in [5.41, 5.74) is 5.93. The minimum Gasteiger partial charge on any atom is -0.301 e. The van der Waals surface area contributed by atoms with E-state index in [9.17, 15) is 9.59 Å². The Bertz CT molecular complexity index is 701. The predicted octanol–water partition coefficient (Wildman–Crippen LogP) is 1.41. The molecule has 0 atom stereocenters. The molecule has 0 aliphatic heterocycles. The van der Waals surface area contributed by atoms with Crippen LogP contribution in [0.15, 0.2) is 24.3 Å². The first-order valence-corrected chi connectivity index (χ1v) is 6.70. The number of hydroxylamine groups is 1. The molecular formula is C15H18N4O3. The van der Waals surface area contributed by atoms with Crippen LogP contribution in [-0.4, -0.2) is 28.7 Å². The maximum Gasteiger partial charge on any atom is 0.333 e. The van der Waals surface area contributed by atoms with E-state index in [0.29, 0.717) is 5.82 Å². The van der Waals surface area contributed by atoms with Crippen molar-refractivity contribution in [3.8, 4) is 5.69 Å². The van der Waals surface area contributed by atoms with Gasteiger partial charge in [0.2, 0.25) is 0 Å². The monoisotopic (exact) mass is 302 g/mol. The van der Waals surface area contributed by atoms with Gasteiger partial charge in [0.15, 0.2) is 5.82 Å². The number of aromatic nitrogens is 2. The molecule has 1 aromatic heterocycles. The SMILES string of the molecule is CONC(=O)C(=O)Nc1cc(C)n(-c2cc(C)cc(C)c2)n1. The van der Waals surface area contributed by atoms with Crippen LogP contribution in [0, 0.1) is 20.8 Å². The summed E-state index contributed by atoms with van der Waals surface area (Å²) in [7, 11) is 1.25. The molecule has 1 aromatic carbocycles. The van der Waals surface area contributed by atoms with E-state index in [4.69, 9.17) is 0 Å². The summed E-state index contributed by atoms with van der Waals surface area (Å²) in [5.74, 6) is -1.43. The molecular weight excluding hydrogens is 284 g/mol. The molecule has 0 saturated carbocycles. The molecule has 0 aliphatic carbocycles. The molecule has 2 aromatic rings. The van der Waals surface area contributed by atoms with E-state index in [1.54, 1.807) is 10.7 Å². The number of hydrogen-bond acceptors (Lipinski definition) is 4. The minimum absolute atomic E-state index is 0.299. The average molecular weight is 302 g/mol. The summed E-state index contributed by atoms with van der Waals surface area (Å²) in [5, 5.41) is 6.73. The van der Waals surface area contributed by atoms with Crippen molar-refractivity contribution in [2.45, 2.75) is 20.8 Å². The summed E-state index contributed by atoms with van der Waals surface area (Å²) in [4.78, 5) is 27.3. The lowest BCUT2D eigenvalue weighted by atomic mass is 10.1. The molecule has 2 amide bonds. The van der Waals surface area contributed by atoms with Crippen LogP contribution in [0.2, 0.25) is 0 Å². The molecule has 7 heteroatoms. The van der Waals surface area contributed by atoms with Gasteiger partial charge in [-0.25, -0.2) is 10.2 Å². The van der Waals surface area contributed by atoms with Crippen molar-refractivity contribution in [1.82, 2.24) is 15.3 Å². The van der Waals surface area contributed by atoms with Crippen LogP contribution in [-0.2, 0) is 14.4 Å². The molecule has 0 aliphatic rings. The van der Waals surface area contributed by atoms with Gasteiger partial charge in [-0.2, -0.15) is 0 Å². The predicted molar refractivity (Wildman–Crippen MR) is 81.6 cm³/mol. The molecule has 116 valence electrons. The second-order valence-corrected chi connectivity index (χ2v) is 5.02. The van der Waals surface area contributed by atoms with Crippen LogP contribution >= 0.6 is 0 Å². The third-order valence-corrected chi connectivity index (χ3v) is 2.98. The maximum atomic E-state index is 11.6. The van der Waals surface area contributed by atoms with E-state index in [2.05, 4.69) is 21.3 Å². The molecule has 2 N–H and O–H groups in total. The number of rotatable bonds is 3. The Morgan fingerprint density at radius 3 is 2.27 bits per heavy atom. The quantitative estimate of drug-likeness (QED) is 0.663. The van der Waals surface area contributed by atoms with Crippen LogP contribution in [0.1, 0.15) is 16.8 Å². The van der Waals surface area contributed by atoms with E-state index < -0.39 is 11.8 Å². The zero-order valence-electron chi connectivity index (χ0n) is 12.9. The first-order chi connectivity index (χ1) is 10.4. The third-order valence-electron chi connectivity index (χ3n) is 2.98. The Labute approximate surface area is 128 Å². The number of carbonyl (C=O) groups is 2. The molecule has 0 fully saturated rings. The van der Waals surface area contributed by atoms with Gasteiger partial charge in [0.1, 0.15) is 0 Å². The van der Waals surface area contributed by atoms with Crippen molar-refractivity contribution in [2.24, 2.45) is 0 Å². The number of carbonyl (C=O) groups excluding carboxylic acids is 2. The van der Waals surface area contributed by atoms with Gasteiger partial charge in [-0.05, 0) is 44.0 Å². The topological polar surface area (TPSA) is 85.2 Å². The fraction of sp³-hybridized carbons (Fsp3) is 0.267. The van der Waals surface area contributed by atoms with Gasteiger partial charge in [-0.15, -0.1) is 5.10 Å². The number of aryl methyl sites for hydroxylation is 3. The number of benzene rings is 1. The molecule has 0 saturated heterocycles. The molecule has 2 rings (SSSR count). The first-order valence-electron chi connectivity index (χ1n) is 6.70. The molecule has 1 heterocycles. The van der Waals surface area contributed by atoms with Gasteiger partial charge in [0.05, 0.1) is 12.8 Å². The number of nitrogens with zero attached hydrogens (tertiary/aromatic N) is 2. The standard InChI is InChI=1S/C15H18N4O3/c1-9-5-10(2)7-12(6-9)19-11(3)8-13(17-19)16-14(20)15(21)18-22-4/h5-8H,1-4H3,(H,18,21)(H,16,17,20). The van der Waals surface area contributed by atoms with E-state index in [0.717, 1.165) is 22.5 Å². The Morgan fingerprint density at radius 2 is 1.68 bits per heavy atom. The molecule has 22 heavy (non-hydrogen) atoms. The van der Waals surface area contributed by atoms with Gasteiger partial charge >= 0.3 is 11.8 Å². The van der Waals surface area contributed by atoms with Crippen molar-refractivity contribution >= 4 is 17.6 Å². The van der Waals surface area contributed by atoms with E-state index >= 15 is 0 Å². The highest BCUT2D eigenvalue weighted by molar-refractivity contribution is 6.39. The summed E-state index contributed by atoms with van der Waals surface area (Å²) in [6.45, 7) is 5.88. The smallest absolute Gasteiger partial charge is 0.301 e. The van der Waals surface area contributed by atoms with Gasteiger partial charge < -0.3 is 5.32 Å². The zero-order chi connectivity index (χ0) is 16.3. The van der Waals surface area contributed by atoms with E-state index in [1.165, 1.54) is 7.11 Å². The van der Waals surface area contributed by atoms with Crippen LogP contribution in [0.3, 0.4) is 0 Å². The number of anilines is 1. The van der Waals surface area contributed by atoms with Crippen molar-refractivity contribution in [3.63, 3.8) is 0 Å². The van der Waals surface area contributed by atoms with Gasteiger partial charge in [-0.3, -0.25) is 14.4 Å². The van der Waals surface area contributed by atoms with Crippen molar-refractivity contribution in [3.05, 3.63) is 41.1 Å². The fourth-order valence-corrected chi connectivity index (χ4v) is 2.18. The minimum atomic E-state index is -0.888. The molecule has 0 radical (unpaired) electrons. The summed E-state index contributed by atoms with van der Waals surface area (Å²) in [6, 6.07) is 7.75. The van der Waals surface area contributed by atoms with E-state index in [-0.39, 0.29) is 0 Å². The lowest BCUT2D eigenvalue weighted by Gasteiger charge is -2.07. The van der Waals surface area contributed by atoms with Crippen LogP contribution in [0.25, 0.3) is 5.69 Å². The third kappa shape index (κ3) is 3.50. The largest absolute Gasteiger partial charge is 0.333 e. The highest BCUT2D eigenvalue weighted by Gasteiger charge is 2.16. The Balaban J connectivity index is 2.25. The number of hydrogen-bond donors (Lipinski definition) is 2. The summed E-state index contributed by atoms with van der Waals surface area (Å²) in [6.07, 6.45) is 0. The fourth-order valence-electron chi connectivity index (χ4n) is 2.18. The average Bonchev–Trinajstić information content (AvgIpc) is 2.78. The molecule has 0 unspecified atom stereocenters. The first kappa shape index (κ1) is 15.7. The van der Waals surface area contributed by atoms with E-state index in [1.807, 2.05) is 38.4 Å². The lowest BCUT2D eigenvalue weighted by molar-refractivity contribution is -0.142. The van der Waals surface area contributed by atoms with Gasteiger partial charge in [0.25, 0.3) is 0 Å². The second kappa shape index (κ2) is 6.40. The Hall–Kier alpha value is -2.67. The highest BCUT2D eigenvalue weighted by Crippen LogP contribution is 2.18. The summed E-state index contributed by atoms with van der Waals surface area (Å²) >= 11 is 0. The van der Waals surface area contributed by atoms with Crippen molar-refractivity contribution in [1.29, 1.82) is 0 Å². The van der Waals surface area contributed by atoms with Crippen LogP contribution in [0.5, 0.6) is 0 Å².